The molecule has 1 aromatic rings. The highest BCUT2D eigenvalue weighted by atomic mass is 32.1. The number of aryl methyl sites for hydroxylation is 1. The average Bonchev–Trinajstić information content (AvgIpc) is 2.48. The predicted molar refractivity (Wildman–Crippen MR) is 99.9 cm³/mol. The average molecular weight is 350 g/mol. The van der Waals surface area contributed by atoms with E-state index in [1.165, 1.54) is 0 Å². The van der Waals surface area contributed by atoms with Crippen molar-refractivity contribution in [2.75, 3.05) is 31.5 Å². The van der Waals surface area contributed by atoms with Crippen molar-refractivity contribution in [3.05, 3.63) is 29.8 Å². The number of hydrazine groups is 1. The maximum absolute atomic E-state index is 12.0. The molecule has 0 bridgehead atoms. The molecule has 24 heavy (non-hydrogen) atoms. The molecule has 0 saturated carbocycles. The van der Waals surface area contributed by atoms with Crippen LogP contribution in [-0.4, -0.2) is 52.9 Å². The Morgan fingerprint density at radius 3 is 2.38 bits per heavy atom. The summed E-state index contributed by atoms with van der Waals surface area (Å²) in [4.78, 5) is 13.8. The summed E-state index contributed by atoms with van der Waals surface area (Å²) < 4.78 is 5.40. The van der Waals surface area contributed by atoms with Crippen molar-refractivity contribution in [1.82, 2.24) is 15.3 Å². The first kappa shape index (κ1) is 18.5. The number of nitrogens with zero attached hydrogens (tertiary/aromatic N) is 2. The lowest BCUT2D eigenvalue weighted by molar-refractivity contribution is 0.0122. The van der Waals surface area contributed by atoms with E-state index in [4.69, 9.17) is 17.0 Å². The van der Waals surface area contributed by atoms with Crippen LogP contribution in [0, 0.1) is 6.92 Å². The number of carbonyl (C=O) groups excluding carboxylic acids is 1. The molecule has 1 heterocycles. The van der Waals surface area contributed by atoms with E-state index < -0.39 is 5.60 Å². The van der Waals surface area contributed by atoms with Crippen LogP contribution in [0.1, 0.15) is 26.3 Å². The monoisotopic (exact) mass is 350 g/mol. The standard InChI is InChI=1S/C17H26N4O2S/c1-13-7-5-6-8-14(13)18-15(24)19-21-11-9-20(10-12-21)16(22)23-17(2,3)4/h5-8H,9-12H2,1-4H3,(H2,18,19,24). The molecule has 1 saturated heterocycles. The van der Waals surface area contributed by atoms with Gasteiger partial charge in [-0.1, -0.05) is 18.2 Å². The van der Waals surface area contributed by atoms with Crippen LogP contribution >= 0.6 is 12.2 Å². The van der Waals surface area contributed by atoms with Crippen molar-refractivity contribution in [2.45, 2.75) is 33.3 Å². The molecule has 132 valence electrons. The van der Waals surface area contributed by atoms with Crippen molar-refractivity contribution < 1.29 is 9.53 Å². The van der Waals surface area contributed by atoms with Gasteiger partial charge < -0.3 is 15.0 Å². The number of ether oxygens (including phenoxy) is 1. The summed E-state index contributed by atoms with van der Waals surface area (Å²) in [5.41, 5.74) is 4.83. The molecule has 1 amide bonds. The van der Waals surface area contributed by atoms with E-state index in [1.807, 2.05) is 57.0 Å². The van der Waals surface area contributed by atoms with Gasteiger partial charge in [0.15, 0.2) is 5.11 Å². The third-order valence-electron chi connectivity index (χ3n) is 3.58. The number of anilines is 1. The molecule has 6 nitrogen and oxygen atoms in total. The maximum Gasteiger partial charge on any atom is 0.410 e. The van der Waals surface area contributed by atoms with E-state index in [2.05, 4.69) is 10.7 Å². The second-order valence-corrected chi connectivity index (χ2v) is 7.24. The van der Waals surface area contributed by atoms with Gasteiger partial charge in [0.2, 0.25) is 0 Å². The molecule has 0 radical (unpaired) electrons. The number of hydrogen-bond acceptors (Lipinski definition) is 4. The Morgan fingerprint density at radius 1 is 1.17 bits per heavy atom. The smallest absolute Gasteiger partial charge is 0.410 e. The van der Waals surface area contributed by atoms with Gasteiger partial charge in [0.05, 0.1) is 0 Å². The molecule has 0 atom stereocenters. The Kier molecular flexibility index (Phi) is 6.01. The Labute approximate surface area is 149 Å². The first-order valence-electron chi connectivity index (χ1n) is 8.11. The number of thiocarbonyl (C=S) groups is 1. The van der Waals surface area contributed by atoms with Crippen molar-refractivity contribution in [1.29, 1.82) is 0 Å². The number of hydrogen-bond donors (Lipinski definition) is 2. The zero-order valence-corrected chi connectivity index (χ0v) is 15.6. The molecular formula is C17H26N4O2S. The van der Waals surface area contributed by atoms with Gasteiger partial charge in [-0.25, -0.2) is 9.80 Å². The lowest BCUT2D eigenvalue weighted by atomic mass is 10.2. The highest BCUT2D eigenvalue weighted by molar-refractivity contribution is 7.80. The summed E-state index contributed by atoms with van der Waals surface area (Å²) in [7, 11) is 0. The van der Waals surface area contributed by atoms with E-state index in [0.717, 1.165) is 11.3 Å². The van der Waals surface area contributed by atoms with Gasteiger partial charge >= 0.3 is 6.09 Å². The van der Waals surface area contributed by atoms with E-state index in [9.17, 15) is 4.79 Å². The van der Waals surface area contributed by atoms with Crippen LogP contribution < -0.4 is 10.7 Å². The topological polar surface area (TPSA) is 56.8 Å². The number of carbonyl (C=O) groups is 1. The summed E-state index contributed by atoms with van der Waals surface area (Å²) in [6.07, 6.45) is -0.261. The minimum atomic E-state index is -0.467. The lowest BCUT2D eigenvalue weighted by Gasteiger charge is -2.36. The fraction of sp³-hybridized carbons (Fsp3) is 0.529. The SMILES string of the molecule is Cc1ccccc1NC(=S)NN1CCN(C(=O)OC(C)(C)C)CC1. The van der Waals surface area contributed by atoms with Crippen LogP contribution in [0.4, 0.5) is 10.5 Å². The Hall–Kier alpha value is -1.86. The van der Waals surface area contributed by atoms with Gasteiger partial charge in [-0.3, -0.25) is 5.43 Å². The lowest BCUT2D eigenvalue weighted by Crippen LogP contribution is -2.56. The molecular weight excluding hydrogens is 324 g/mol. The van der Waals surface area contributed by atoms with Gasteiger partial charge in [0.25, 0.3) is 0 Å². The number of piperazine rings is 1. The normalized spacial score (nSPS) is 15.8. The Bertz CT molecular complexity index is 592. The van der Waals surface area contributed by atoms with Gasteiger partial charge in [0, 0.05) is 31.9 Å². The van der Waals surface area contributed by atoms with Gasteiger partial charge in [-0.05, 0) is 51.5 Å². The van der Waals surface area contributed by atoms with Gasteiger partial charge in [-0.2, -0.15) is 0 Å². The third-order valence-corrected chi connectivity index (χ3v) is 3.78. The van der Waals surface area contributed by atoms with Crippen LogP contribution in [0.25, 0.3) is 0 Å². The highest BCUT2D eigenvalue weighted by Gasteiger charge is 2.26. The Morgan fingerprint density at radius 2 is 1.79 bits per heavy atom. The summed E-state index contributed by atoms with van der Waals surface area (Å²) in [5, 5.41) is 5.76. The number of rotatable bonds is 2. The molecule has 7 heteroatoms. The largest absolute Gasteiger partial charge is 0.444 e. The first-order chi connectivity index (χ1) is 11.2. The fourth-order valence-electron chi connectivity index (χ4n) is 2.33. The van der Waals surface area contributed by atoms with E-state index in [1.54, 1.807) is 4.90 Å². The molecule has 0 unspecified atom stereocenters. The van der Waals surface area contributed by atoms with Crippen LogP contribution in [0.5, 0.6) is 0 Å². The molecule has 2 rings (SSSR count). The quantitative estimate of drug-likeness (QED) is 0.800. The van der Waals surface area contributed by atoms with Crippen molar-refractivity contribution in [3.63, 3.8) is 0 Å². The highest BCUT2D eigenvalue weighted by Crippen LogP contribution is 2.13. The number of para-hydroxylation sites is 1. The first-order valence-corrected chi connectivity index (χ1v) is 8.51. The molecule has 1 aliphatic rings. The summed E-state index contributed by atoms with van der Waals surface area (Å²) in [6, 6.07) is 7.98. The van der Waals surface area contributed by atoms with E-state index in [-0.39, 0.29) is 6.09 Å². The van der Waals surface area contributed by atoms with Crippen molar-refractivity contribution in [2.24, 2.45) is 0 Å². The molecule has 1 fully saturated rings. The van der Waals surface area contributed by atoms with Gasteiger partial charge in [-0.15, -0.1) is 0 Å². The number of benzene rings is 1. The predicted octanol–water partition coefficient (Wildman–Crippen LogP) is 2.75. The summed E-state index contributed by atoms with van der Waals surface area (Å²) >= 11 is 5.36. The molecule has 1 aromatic carbocycles. The minimum absolute atomic E-state index is 0.261. The number of nitrogens with one attached hydrogen (secondary N) is 2. The van der Waals surface area contributed by atoms with Crippen molar-refractivity contribution >= 4 is 29.1 Å². The van der Waals surface area contributed by atoms with Crippen molar-refractivity contribution in [3.8, 4) is 0 Å². The summed E-state index contributed by atoms with van der Waals surface area (Å²) in [6.45, 7) is 10.2. The second kappa shape index (κ2) is 7.81. The van der Waals surface area contributed by atoms with Crippen LogP contribution in [0.3, 0.4) is 0 Å². The number of amides is 1. The molecule has 0 aromatic heterocycles. The third kappa shape index (κ3) is 5.65. The molecule has 1 aliphatic heterocycles. The van der Waals surface area contributed by atoms with E-state index in [0.29, 0.717) is 31.3 Å². The maximum atomic E-state index is 12.0. The minimum Gasteiger partial charge on any atom is -0.444 e. The zero-order chi connectivity index (χ0) is 17.7. The van der Waals surface area contributed by atoms with E-state index >= 15 is 0 Å². The van der Waals surface area contributed by atoms with Gasteiger partial charge in [0.1, 0.15) is 5.60 Å². The fourth-order valence-corrected chi connectivity index (χ4v) is 2.57. The molecule has 0 aliphatic carbocycles. The molecule has 0 spiro atoms. The van der Waals surface area contributed by atoms with Crippen LogP contribution in [0.15, 0.2) is 24.3 Å². The zero-order valence-electron chi connectivity index (χ0n) is 14.8. The Balaban J connectivity index is 1.77. The summed E-state index contributed by atoms with van der Waals surface area (Å²) in [5.74, 6) is 0. The molecule has 2 N–H and O–H groups in total. The van der Waals surface area contributed by atoms with Crippen LogP contribution in [0.2, 0.25) is 0 Å². The second-order valence-electron chi connectivity index (χ2n) is 6.84. The van der Waals surface area contributed by atoms with Crippen LogP contribution in [-0.2, 0) is 4.74 Å².